The summed E-state index contributed by atoms with van der Waals surface area (Å²) in [6.07, 6.45) is -37.5. The third-order valence-corrected chi connectivity index (χ3v) is 17.6. The van der Waals surface area contributed by atoms with Gasteiger partial charge in [0.2, 0.25) is 53.2 Å². The number of likely N-dealkylation sites (tertiary alicyclic amines) is 2. The van der Waals surface area contributed by atoms with Crippen LogP contribution in [-0.2, 0) is 85.8 Å². The van der Waals surface area contributed by atoms with Gasteiger partial charge in [0.05, 0.1) is 57.2 Å². The summed E-state index contributed by atoms with van der Waals surface area (Å²) in [5, 5.41) is 156. The first kappa shape index (κ1) is 79.9. The number of aliphatic carboxylic acids is 1. The molecule has 6 fully saturated rings. The van der Waals surface area contributed by atoms with Crippen molar-refractivity contribution in [1.82, 2.24) is 41.7 Å². The largest absolute Gasteiger partial charge is 0.477 e. The van der Waals surface area contributed by atoms with Gasteiger partial charge in [-0.15, -0.1) is 0 Å². The van der Waals surface area contributed by atoms with Crippen molar-refractivity contribution in [2.45, 2.75) is 245 Å². The third kappa shape index (κ3) is 18.9. The van der Waals surface area contributed by atoms with E-state index in [9.17, 15) is 114 Å². The van der Waals surface area contributed by atoms with Crippen molar-refractivity contribution in [3.63, 3.8) is 0 Å². The molecule has 0 aromatic heterocycles. The highest BCUT2D eigenvalue weighted by atomic mass is 16.8. The van der Waals surface area contributed by atoms with Crippen molar-refractivity contribution in [3.8, 4) is 0 Å². The van der Waals surface area contributed by atoms with Gasteiger partial charge in [-0.05, 0) is 46.5 Å². The molecule has 6 aliphatic heterocycles. The van der Waals surface area contributed by atoms with Gasteiger partial charge in [0.25, 0.3) is 5.79 Å². The molecule has 6 aliphatic rings. The maximum Gasteiger partial charge on any atom is 0.364 e. The number of aliphatic hydroxyl groups is 12. The smallest absolute Gasteiger partial charge is 0.364 e. The highest BCUT2D eigenvalue weighted by Crippen LogP contribution is 2.39. The normalized spacial score (nSPS) is 35.9. The molecule has 21 N–H and O–H groups in total. The van der Waals surface area contributed by atoms with Gasteiger partial charge in [-0.2, -0.15) is 0 Å². The van der Waals surface area contributed by atoms with Gasteiger partial charge < -0.3 is 152 Å². The van der Waals surface area contributed by atoms with E-state index < -0.39 is 269 Å². The fraction of sp³-hybridized carbons (Fsp3) is 0.825. The number of carbonyl (C=O) groups excluding carboxylic acids is 9. The molecule has 552 valence electrons. The zero-order valence-corrected chi connectivity index (χ0v) is 54.2. The van der Waals surface area contributed by atoms with E-state index in [1.54, 1.807) is 0 Å². The minimum atomic E-state index is -3.28. The van der Waals surface area contributed by atoms with Crippen molar-refractivity contribution < 1.29 is 152 Å². The Kier molecular flexibility index (Phi) is 28.7. The molecule has 97 heavy (non-hydrogen) atoms. The van der Waals surface area contributed by atoms with Crippen LogP contribution in [0.3, 0.4) is 0 Å². The number of ether oxygens (including phenoxy) is 8. The number of nitrogens with one attached hydrogen (secondary N) is 6. The monoisotopic (exact) mass is 1400 g/mol. The number of nitrogens with two attached hydrogens (primary N) is 1. The number of aliphatic hydroxyl groups excluding tert-OH is 12. The molecule has 40 heteroatoms. The van der Waals surface area contributed by atoms with Gasteiger partial charge in [-0.1, -0.05) is 6.92 Å². The molecular weight excluding hydrogens is 1310 g/mol. The Hall–Kier alpha value is -6.10. The minimum absolute atomic E-state index is 0.0196. The maximum absolute atomic E-state index is 14.7. The lowest BCUT2D eigenvalue weighted by molar-refractivity contribution is -0.382. The van der Waals surface area contributed by atoms with E-state index in [2.05, 4.69) is 31.9 Å². The van der Waals surface area contributed by atoms with Gasteiger partial charge in [-0.3, -0.25) is 43.2 Å². The molecule has 6 saturated heterocycles. The maximum atomic E-state index is 14.7. The topological polar surface area (TPSA) is 612 Å². The van der Waals surface area contributed by atoms with E-state index in [1.807, 2.05) is 0 Å². The van der Waals surface area contributed by atoms with Crippen LogP contribution in [0.5, 0.6) is 0 Å². The van der Waals surface area contributed by atoms with Gasteiger partial charge in [0.1, 0.15) is 122 Å². The summed E-state index contributed by atoms with van der Waals surface area (Å²) in [6.45, 7) is 3.18. The molecule has 14 unspecified atom stereocenters. The first-order valence-electron chi connectivity index (χ1n) is 31.6. The average molecular weight is 1400 g/mol. The number of carboxylic acid groups (broad SMARTS) is 1. The highest BCUT2D eigenvalue weighted by molar-refractivity contribution is 5.97. The number of primary amides is 1. The Labute approximate surface area is 554 Å². The lowest BCUT2D eigenvalue weighted by Gasteiger charge is -2.51. The molecule has 0 aliphatic carbocycles. The van der Waals surface area contributed by atoms with E-state index in [0.717, 1.165) is 20.8 Å². The van der Waals surface area contributed by atoms with Crippen molar-refractivity contribution in [2.75, 3.05) is 46.1 Å². The lowest BCUT2D eigenvalue weighted by Crippen LogP contribution is -2.71. The summed E-state index contributed by atoms with van der Waals surface area (Å²) in [6, 6.07) is -11.9. The van der Waals surface area contributed by atoms with Crippen molar-refractivity contribution >= 4 is 59.1 Å². The van der Waals surface area contributed by atoms with Gasteiger partial charge in [-0.25, -0.2) is 4.79 Å². The Morgan fingerprint density at radius 1 is 0.619 bits per heavy atom. The zero-order valence-electron chi connectivity index (χ0n) is 54.2. The first-order chi connectivity index (χ1) is 45.6. The molecule has 9 amide bonds. The summed E-state index contributed by atoms with van der Waals surface area (Å²) >= 11 is 0. The van der Waals surface area contributed by atoms with Crippen LogP contribution in [0, 0.1) is 5.92 Å². The number of carbonyl (C=O) groups is 10. The number of rotatable bonds is 29. The minimum Gasteiger partial charge on any atom is -0.477 e. The van der Waals surface area contributed by atoms with Crippen LogP contribution in [0.15, 0.2) is 0 Å². The van der Waals surface area contributed by atoms with Crippen LogP contribution in [-0.4, -0.2) is 346 Å². The quantitative estimate of drug-likeness (QED) is 0.0331. The molecule has 40 nitrogen and oxygen atoms in total. The van der Waals surface area contributed by atoms with Crippen LogP contribution in [0.25, 0.3) is 0 Å². The highest BCUT2D eigenvalue weighted by Gasteiger charge is 2.61. The zero-order chi connectivity index (χ0) is 72.4. The fourth-order valence-corrected chi connectivity index (χ4v) is 12.3. The van der Waals surface area contributed by atoms with Crippen LogP contribution < -0.4 is 37.6 Å². The molecule has 28 atom stereocenters. The van der Waals surface area contributed by atoms with E-state index in [4.69, 9.17) is 43.6 Å². The molecule has 0 aromatic rings. The molecule has 0 bridgehead atoms. The van der Waals surface area contributed by atoms with Crippen molar-refractivity contribution in [1.29, 1.82) is 0 Å². The Morgan fingerprint density at radius 2 is 1.18 bits per heavy atom. The molecule has 6 rings (SSSR count). The predicted molar refractivity (Wildman–Crippen MR) is 316 cm³/mol. The first-order valence-corrected chi connectivity index (χ1v) is 31.6. The van der Waals surface area contributed by atoms with Crippen LogP contribution in [0.2, 0.25) is 0 Å². The summed E-state index contributed by atoms with van der Waals surface area (Å²) in [4.78, 5) is 136. The fourth-order valence-electron chi connectivity index (χ4n) is 12.3. The van der Waals surface area contributed by atoms with Gasteiger partial charge in [0, 0.05) is 40.3 Å². The summed E-state index contributed by atoms with van der Waals surface area (Å²) < 4.78 is 47.8. The third-order valence-electron chi connectivity index (χ3n) is 17.6. The SMILES string of the molecule is CC(=O)NC1[C@H](OCC2O[C@@H](OC(C)C(NC(=O)C(C)CO)C(=O)NC(C)C(=O)N3CCCC3C(=O)N3CCCC3C(=O)NC(C)C(N)=O)C(NC(C)=O)[C@@H](O[C@@H]3OC(CO)[C@H](O)[C@H](O[C@]4(C(=O)O)C[C@H](O)[C@@H](NC(C)=O)C([C@H](O)[C@H](O)CO)O4)C3O)[C@H]2O)OC(CO)[C@H](O)[C@@H]1O. The van der Waals surface area contributed by atoms with E-state index >= 15 is 0 Å². The van der Waals surface area contributed by atoms with Crippen molar-refractivity contribution in [3.05, 3.63) is 0 Å². The molecular formula is C57H93N9O31. The van der Waals surface area contributed by atoms with Crippen molar-refractivity contribution in [2.24, 2.45) is 11.7 Å². The van der Waals surface area contributed by atoms with E-state index in [1.165, 1.54) is 37.5 Å². The average Bonchev–Trinajstić information content (AvgIpc) is 1.47. The van der Waals surface area contributed by atoms with Gasteiger partial charge >= 0.3 is 5.97 Å². The molecule has 0 radical (unpaired) electrons. The summed E-state index contributed by atoms with van der Waals surface area (Å²) in [5.41, 5.74) is 5.33. The molecule has 0 spiro atoms. The van der Waals surface area contributed by atoms with Crippen LogP contribution >= 0.6 is 0 Å². The van der Waals surface area contributed by atoms with E-state index in [0.29, 0.717) is 12.8 Å². The molecule has 0 saturated carbocycles. The number of amides is 9. The second kappa shape index (κ2) is 34.8. The number of nitrogens with zero attached hydrogens (tertiary/aromatic N) is 2. The molecule has 6 heterocycles. The Morgan fingerprint density at radius 3 is 1.75 bits per heavy atom. The predicted octanol–water partition coefficient (Wildman–Crippen LogP) is -12.1. The second-order valence-corrected chi connectivity index (χ2v) is 24.9. The number of carboxylic acids is 1. The second-order valence-electron chi connectivity index (χ2n) is 24.9. The lowest BCUT2D eigenvalue weighted by atomic mass is 9.88. The van der Waals surface area contributed by atoms with E-state index in [-0.39, 0.29) is 25.9 Å². The standard InChI is InChI=1S/C57H93N9O31/c1-20(15-67)48(83)64-34(50(85)60-22(3)51(86)66-13-9-11-28(66)52(87)65-12-8-10-27(65)49(84)59-21(2)47(58)82)23(4)91-54-37(63-26(7)73)44(41(79)33(94-54)19-90-53-36(62-25(6)72)42(80)39(77)31(17-69)92-53)95-55-43(81)46(40(78)32(18-70)93-55)97-57(56(88)89)14-29(74)35(61-24(5)71)45(96-57)38(76)30(75)16-68/h20-23,27-46,53-55,67-70,74-81H,8-19H2,1-7H3,(H2,58,82)(H,59,84)(H,60,85)(H,61,71)(H,62,72)(H,63,73)(H,64,83)(H,88,89)/t20?,21?,22?,23?,27?,28?,29-,30+,31?,32?,33?,34?,35+,36?,37?,38+,39-,40-,41-,42+,43?,44+,45?,46-,53+,54+,55-,57-/m0/s1. The Bertz CT molecular complexity index is 2760. The number of hydrogen-bond acceptors (Lipinski definition) is 30. The van der Waals surface area contributed by atoms with Gasteiger partial charge in [0.15, 0.2) is 18.9 Å². The molecule has 0 aromatic carbocycles. The van der Waals surface area contributed by atoms with Crippen LogP contribution in [0.4, 0.5) is 0 Å². The Balaban J connectivity index is 1.36. The van der Waals surface area contributed by atoms with Crippen LogP contribution in [0.1, 0.15) is 80.6 Å². The summed E-state index contributed by atoms with van der Waals surface area (Å²) in [5.74, 6) is -14.2. The number of hydrogen-bond donors (Lipinski definition) is 20. The summed E-state index contributed by atoms with van der Waals surface area (Å²) in [7, 11) is 0.